The predicted octanol–water partition coefficient (Wildman–Crippen LogP) is 1.31. The summed E-state index contributed by atoms with van der Waals surface area (Å²) in [4.78, 5) is 1.60. The molecule has 0 saturated carbocycles. The lowest BCUT2D eigenvalue weighted by Gasteiger charge is -2.23. The number of quaternary nitrogens is 1. The van der Waals surface area contributed by atoms with Crippen LogP contribution in [0.1, 0.15) is 16.7 Å². The van der Waals surface area contributed by atoms with Crippen LogP contribution in [0, 0.1) is 0 Å². The first-order chi connectivity index (χ1) is 12.8. The Morgan fingerprint density at radius 1 is 0.885 bits per heavy atom. The van der Waals surface area contributed by atoms with Gasteiger partial charge in [0.05, 0.1) is 13.2 Å². The molecule has 3 rings (SSSR count). The van der Waals surface area contributed by atoms with Crippen LogP contribution in [0.2, 0.25) is 0 Å². The van der Waals surface area contributed by atoms with Gasteiger partial charge in [0.1, 0.15) is 19.6 Å². The van der Waals surface area contributed by atoms with E-state index < -0.39 is 0 Å². The zero-order valence-corrected chi connectivity index (χ0v) is 16.0. The Morgan fingerprint density at radius 3 is 2.31 bits per heavy atom. The number of morpholine rings is 1. The van der Waals surface area contributed by atoms with Crippen molar-refractivity contribution in [1.82, 2.24) is 10.6 Å². The molecule has 0 aromatic heterocycles. The molecule has 0 radical (unpaired) electrons. The van der Waals surface area contributed by atoms with Crippen molar-refractivity contribution in [2.24, 2.45) is 0 Å². The number of nitrogens with one attached hydrogen (secondary N) is 3. The standard InChI is InChI=1S/C21H27N3OS/c26-21(22-11-10-18-4-2-1-3-5-18)23-16-19-6-8-20(9-7-19)17-24-12-14-25-15-13-24/h1-9H,10-17H2,(H2,22,23,26)/p+1. The highest BCUT2D eigenvalue weighted by Gasteiger charge is 2.13. The smallest absolute Gasteiger partial charge is 0.166 e. The summed E-state index contributed by atoms with van der Waals surface area (Å²) in [5.74, 6) is 0. The van der Waals surface area contributed by atoms with Gasteiger partial charge in [0.15, 0.2) is 5.11 Å². The molecule has 1 heterocycles. The van der Waals surface area contributed by atoms with Gasteiger partial charge in [0.2, 0.25) is 0 Å². The quantitative estimate of drug-likeness (QED) is 0.643. The minimum Gasteiger partial charge on any atom is -0.370 e. The second-order valence-corrected chi connectivity index (χ2v) is 7.11. The molecule has 0 amide bonds. The van der Waals surface area contributed by atoms with Crippen LogP contribution in [0.4, 0.5) is 0 Å². The zero-order chi connectivity index (χ0) is 18.0. The maximum Gasteiger partial charge on any atom is 0.166 e. The molecule has 1 aliphatic heterocycles. The van der Waals surface area contributed by atoms with Gasteiger partial charge in [-0.2, -0.15) is 0 Å². The Hall–Kier alpha value is -1.95. The highest BCUT2D eigenvalue weighted by Crippen LogP contribution is 2.03. The van der Waals surface area contributed by atoms with E-state index in [0.717, 1.165) is 52.4 Å². The van der Waals surface area contributed by atoms with Gasteiger partial charge in [0.25, 0.3) is 0 Å². The summed E-state index contributed by atoms with van der Waals surface area (Å²) in [6.07, 6.45) is 0.973. The third kappa shape index (κ3) is 6.41. The van der Waals surface area contributed by atoms with E-state index in [1.807, 2.05) is 6.07 Å². The fraction of sp³-hybridized carbons (Fsp3) is 0.381. The number of benzene rings is 2. The lowest BCUT2D eigenvalue weighted by atomic mass is 10.1. The average molecular weight is 371 g/mol. The first-order valence-corrected chi connectivity index (χ1v) is 9.75. The first-order valence-electron chi connectivity index (χ1n) is 9.34. The Balaban J connectivity index is 1.35. The van der Waals surface area contributed by atoms with Crippen LogP contribution in [-0.4, -0.2) is 38.0 Å². The number of rotatable bonds is 7. The normalized spacial score (nSPS) is 14.8. The van der Waals surface area contributed by atoms with E-state index in [9.17, 15) is 0 Å². The van der Waals surface area contributed by atoms with Crippen LogP contribution in [0.15, 0.2) is 54.6 Å². The van der Waals surface area contributed by atoms with E-state index in [-0.39, 0.29) is 0 Å². The van der Waals surface area contributed by atoms with Gasteiger partial charge in [-0.3, -0.25) is 0 Å². The minimum atomic E-state index is 0.711. The molecule has 3 N–H and O–H groups in total. The molecule has 0 unspecified atom stereocenters. The van der Waals surface area contributed by atoms with Crippen molar-refractivity contribution in [1.29, 1.82) is 0 Å². The summed E-state index contributed by atoms with van der Waals surface area (Å²) in [5, 5.41) is 7.27. The monoisotopic (exact) mass is 370 g/mol. The van der Waals surface area contributed by atoms with Gasteiger partial charge in [-0.15, -0.1) is 0 Å². The van der Waals surface area contributed by atoms with Crippen molar-refractivity contribution in [3.05, 3.63) is 71.3 Å². The SMILES string of the molecule is S=C(NCCc1ccccc1)NCc1ccc(C[NH+]2CCOCC2)cc1. The van der Waals surface area contributed by atoms with E-state index in [0.29, 0.717) is 5.11 Å². The lowest BCUT2D eigenvalue weighted by Crippen LogP contribution is -3.12. The van der Waals surface area contributed by atoms with E-state index in [2.05, 4.69) is 59.2 Å². The summed E-state index contributed by atoms with van der Waals surface area (Å²) in [7, 11) is 0. The van der Waals surface area contributed by atoms with Crippen molar-refractivity contribution < 1.29 is 9.64 Å². The second kappa shape index (κ2) is 10.3. The maximum atomic E-state index is 5.42. The molecule has 0 atom stereocenters. The molecular weight excluding hydrogens is 342 g/mol. The van der Waals surface area contributed by atoms with Crippen LogP contribution in [-0.2, 0) is 24.2 Å². The topological polar surface area (TPSA) is 37.7 Å². The second-order valence-electron chi connectivity index (χ2n) is 6.70. The lowest BCUT2D eigenvalue weighted by molar-refractivity contribution is -0.921. The Bertz CT molecular complexity index is 669. The van der Waals surface area contributed by atoms with Crippen LogP contribution in [0.5, 0.6) is 0 Å². The van der Waals surface area contributed by atoms with Crippen LogP contribution >= 0.6 is 12.2 Å². The Labute approximate surface area is 161 Å². The molecule has 1 saturated heterocycles. The van der Waals surface area contributed by atoms with E-state index >= 15 is 0 Å². The van der Waals surface area contributed by atoms with E-state index in [4.69, 9.17) is 17.0 Å². The summed E-state index contributed by atoms with van der Waals surface area (Å²) >= 11 is 5.37. The van der Waals surface area contributed by atoms with E-state index in [1.54, 1.807) is 4.90 Å². The summed E-state index contributed by atoms with van der Waals surface area (Å²) < 4.78 is 5.42. The molecule has 1 aliphatic rings. The Kier molecular flexibility index (Phi) is 7.43. The van der Waals surface area contributed by atoms with Crippen molar-refractivity contribution in [3.8, 4) is 0 Å². The minimum absolute atomic E-state index is 0.711. The molecule has 1 fully saturated rings. The van der Waals surface area contributed by atoms with Gasteiger partial charge < -0.3 is 20.3 Å². The van der Waals surface area contributed by atoms with Crippen LogP contribution in [0.3, 0.4) is 0 Å². The van der Waals surface area contributed by atoms with Gasteiger partial charge in [-0.1, -0.05) is 54.6 Å². The van der Waals surface area contributed by atoms with Crippen LogP contribution in [0.25, 0.3) is 0 Å². The highest BCUT2D eigenvalue weighted by molar-refractivity contribution is 7.80. The molecule has 26 heavy (non-hydrogen) atoms. The molecule has 2 aromatic rings. The Morgan fingerprint density at radius 2 is 1.58 bits per heavy atom. The molecule has 0 spiro atoms. The number of ether oxygens (including phenoxy) is 1. The maximum absolute atomic E-state index is 5.42. The van der Waals surface area contributed by atoms with Gasteiger partial charge >= 0.3 is 0 Å². The number of hydrogen-bond acceptors (Lipinski definition) is 2. The molecular formula is C21H28N3OS+. The largest absolute Gasteiger partial charge is 0.370 e. The van der Waals surface area contributed by atoms with Crippen molar-refractivity contribution >= 4 is 17.3 Å². The fourth-order valence-electron chi connectivity index (χ4n) is 3.11. The third-order valence-corrected chi connectivity index (χ3v) is 4.96. The highest BCUT2D eigenvalue weighted by atomic mass is 32.1. The molecule has 5 heteroatoms. The predicted molar refractivity (Wildman–Crippen MR) is 109 cm³/mol. The molecule has 0 aliphatic carbocycles. The van der Waals surface area contributed by atoms with Gasteiger partial charge in [-0.05, 0) is 29.8 Å². The zero-order valence-electron chi connectivity index (χ0n) is 15.2. The van der Waals surface area contributed by atoms with Crippen molar-refractivity contribution in [3.63, 3.8) is 0 Å². The van der Waals surface area contributed by atoms with Gasteiger partial charge in [-0.25, -0.2) is 0 Å². The van der Waals surface area contributed by atoms with E-state index in [1.165, 1.54) is 16.7 Å². The van der Waals surface area contributed by atoms with Crippen LogP contribution < -0.4 is 15.5 Å². The molecule has 2 aromatic carbocycles. The molecule has 0 bridgehead atoms. The number of hydrogen-bond donors (Lipinski definition) is 3. The fourth-order valence-corrected chi connectivity index (χ4v) is 3.28. The molecule has 4 nitrogen and oxygen atoms in total. The summed E-state index contributed by atoms with van der Waals surface area (Å²) in [6.45, 7) is 6.64. The molecule has 138 valence electrons. The van der Waals surface area contributed by atoms with Crippen molar-refractivity contribution in [2.45, 2.75) is 19.5 Å². The summed E-state index contributed by atoms with van der Waals surface area (Å²) in [6, 6.07) is 19.3. The third-order valence-electron chi connectivity index (χ3n) is 4.67. The summed E-state index contributed by atoms with van der Waals surface area (Å²) in [5.41, 5.74) is 3.95. The van der Waals surface area contributed by atoms with Crippen molar-refractivity contribution in [2.75, 3.05) is 32.8 Å². The average Bonchev–Trinajstić information content (AvgIpc) is 2.69. The van der Waals surface area contributed by atoms with Gasteiger partial charge in [0, 0.05) is 18.7 Å². The number of thiocarbonyl (C=S) groups is 1. The first kappa shape index (κ1) is 18.8.